The zero-order valence-corrected chi connectivity index (χ0v) is 9.48. The Labute approximate surface area is 104 Å². The van der Waals surface area contributed by atoms with Gasteiger partial charge >= 0.3 is 0 Å². The van der Waals surface area contributed by atoms with Crippen LogP contribution in [0.5, 0.6) is 0 Å². The predicted molar refractivity (Wildman–Crippen MR) is 70.8 cm³/mol. The van der Waals surface area contributed by atoms with Crippen LogP contribution >= 0.6 is 0 Å². The molecule has 5 nitrogen and oxygen atoms in total. The molecule has 2 rings (SSSR count). The van der Waals surface area contributed by atoms with Crippen molar-refractivity contribution >= 4 is 17.6 Å². The second kappa shape index (κ2) is 5.58. The van der Waals surface area contributed by atoms with Gasteiger partial charge in [0.15, 0.2) is 0 Å². The Kier molecular flexibility index (Phi) is 3.66. The van der Waals surface area contributed by atoms with Gasteiger partial charge in [-0.15, -0.1) is 0 Å². The molecule has 0 fully saturated rings. The van der Waals surface area contributed by atoms with E-state index >= 15 is 0 Å². The van der Waals surface area contributed by atoms with Crippen molar-refractivity contribution in [3.8, 4) is 0 Å². The molecule has 0 unspecified atom stereocenters. The zero-order chi connectivity index (χ0) is 12.8. The number of para-hydroxylation sites is 1. The molecule has 90 valence electrons. The van der Waals surface area contributed by atoms with E-state index in [9.17, 15) is 10.1 Å². The standard InChI is InChI=1S/C13H11N3O2/c17-16(18)13-8-4-5-11(9-13)10-14-15-12-6-2-1-3-7-12/h1-10,15H/b14-10-. The van der Waals surface area contributed by atoms with Crippen LogP contribution in [0.15, 0.2) is 59.7 Å². The summed E-state index contributed by atoms with van der Waals surface area (Å²) in [6.07, 6.45) is 1.54. The van der Waals surface area contributed by atoms with E-state index in [0.717, 1.165) is 5.69 Å². The van der Waals surface area contributed by atoms with Crippen LogP contribution in [0.1, 0.15) is 5.56 Å². The number of nitrogens with zero attached hydrogens (tertiary/aromatic N) is 2. The third-order valence-electron chi connectivity index (χ3n) is 2.26. The van der Waals surface area contributed by atoms with Gasteiger partial charge < -0.3 is 0 Å². The normalized spacial score (nSPS) is 10.4. The van der Waals surface area contributed by atoms with Crippen molar-refractivity contribution in [2.75, 3.05) is 5.43 Å². The van der Waals surface area contributed by atoms with E-state index in [0.29, 0.717) is 5.56 Å². The molecule has 0 amide bonds. The summed E-state index contributed by atoms with van der Waals surface area (Å²) in [6.45, 7) is 0. The highest BCUT2D eigenvalue weighted by Gasteiger charge is 2.03. The first-order chi connectivity index (χ1) is 8.75. The molecule has 0 atom stereocenters. The number of nitrogens with one attached hydrogen (secondary N) is 1. The van der Waals surface area contributed by atoms with E-state index in [1.165, 1.54) is 12.1 Å². The molecule has 0 aliphatic rings. The van der Waals surface area contributed by atoms with E-state index in [-0.39, 0.29) is 5.69 Å². The van der Waals surface area contributed by atoms with E-state index < -0.39 is 4.92 Å². The Bertz CT molecular complexity index is 567. The van der Waals surface area contributed by atoms with Gasteiger partial charge in [0.05, 0.1) is 16.8 Å². The van der Waals surface area contributed by atoms with Gasteiger partial charge in [0.1, 0.15) is 0 Å². The summed E-state index contributed by atoms with van der Waals surface area (Å²) in [5.74, 6) is 0. The maximum atomic E-state index is 10.6. The highest BCUT2D eigenvalue weighted by atomic mass is 16.6. The Hall–Kier alpha value is -2.69. The number of nitro benzene ring substituents is 1. The minimum atomic E-state index is -0.429. The summed E-state index contributed by atoms with van der Waals surface area (Å²) in [5.41, 5.74) is 4.43. The average Bonchev–Trinajstić information content (AvgIpc) is 2.40. The third kappa shape index (κ3) is 3.15. The lowest BCUT2D eigenvalue weighted by atomic mass is 10.2. The van der Waals surface area contributed by atoms with Crippen molar-refractivity contribution in [3.05, 3.63) is 70.3 Å². The Morgan fingerprint density at radius 2 is 1.89 bits per heavy atom. The summed E-state index contributed by atoms with van der Waals surface area (Å²) in [6, 6.07) is 15.8. The van der Waals surface area contributed by atoms with Crippen LogP contribution in [0, 0.1) is 10.1 Å². The Morgan fingerprint density at radius 1 is 1.11 bits per heavy atom. The van der Waals surface area contributed by atoms with Crippen LogP contribution in [0.2, 0.25) is 0 Å². The van der Waals surface area contributed by atoms with Crippen LogP contribution in [-0.2, 0) is 0 Å². The first-order valence-corrected chi connectivity index (χ1v) is 5.34. The molecule has 0 radical (unpaired) electrons. The monoisotopic (exact) mass is 241 g/mol. The molecule has 0 saturated carbocycles. The fraction of sp³-hybridized carbons (Fsp3) is 0. The smallest absolute Gasteiger partial charge is 0.270 e. The largest absolute Gasteiger partial charge is 0.279 e. The van der Waals surface area contributed by atoms with Crippen molar-refractivity contribution in [1.82, 2.24) is 0 Å². The number of non-ortho nitro benzene ring substituents is 1. The Morgan fingerprint density at radius 3 is 2.61 bits per heavy atom. The SMILES string of the molecule is O=[N+]([O-])c1cccc(/C=N\Nc2ccccc2)c1. The Balaban J connectivity index is 2.05. The van der Waals surface area contributed by atoms with Gasteiger partial charge in [-0.3, -0.25) is 15.5 Å². The van der Waals surface area contributed by atoms with Crippen LogP contribution in [0.25, 0.3) is 0 Å². The van der Waals surface area contributed by atoms with Crippen molar-refractivity contribution in [1.29, 1.82) is 0 Å². The van der Waals surface area contributed by atoms with Gasteiger partial charge in [0.2, 0.25) is 0 Å². The molecular formula is C13H11N3O2. The highest BCUT2D eigenvalue weighted by molar-refractivity contribution is 5.81. The van der Waals surface area contributed by atoms with Crippen LogP contribution in [0.3, 0.4) is 0 Å². The number of hydrogen-bond acceptors (Lipinski definition) is 4. The fourth-order valence-corrected chi connectivity index (χ4v) is 1.41. The van der Waals surface area contributed by atoms with E-state index in [1.54, 1.807) is 18.3 Å². The molecule has 2 aromatic rings. The van der Waals surface area contributed by atoms with Gasteiger partial charge in [0.25, 0.3) is 5.69 Å². The van der Waals surface area contributed by atoms with Crippen molar-refractivity contribution < 1.29 is 4.92 Å². The van der Waals surface area contributed by atoms with E-state index in [4.69, 9.17) is 0 Å². The molecule has 1 N–H and O–H groups in total. The summed E-state index contributed by atoms with van der Waals surface area (Å²) >= 11 is 0. The molecule has 0 aliphatic carbocycles. The fourth-order valence-electron chi connectivity index (χ4n) is 1.41. The maximum Gasteiger partial charge on any atom is 0.270 e. The molecule has 0 saturated heterocycles. The van der Waals surface area contributed by atoms with Gasteiger partial charge in [-0.1, -0.05) is 30.3 Å². The summed E-state index contributed by atoms with van der Waals surface area (Å²) in [4.78, 5) is 10.2. The van der Waals surface area contributed by atoms with Crippen molar-refractivity contribution in [3.63, 3.8) is 0 Å². The lowest BCUT2D eigenvalue weighted by Gasteiger charge is -1.98. The summed E-state index contributed by atoms with van der Waals surface area (Å²) < 4.78 is 0. The second-order valence-electron chi connectivity index (χ2n) is 3.59. The van der Waals surface area contributed by atoms with Crippen molar-refractivity contribution in [2.24, 2.45) is 5.10 Å². The zero-order valence-electron chi connectivity index (χ0n) is 9.48. The maximum absolute atomic E-state index is 10.6. The predicted octanol–water partition coefficient (Wildman–Crippen LogP) is 3.04. The van der Waals surface area contributed by atoms with E-state index in [2.05, 4.69) is 10.5 Å². The molecule has 0 spiro atoms. The van der Waals surface area contributed by atoms with Crippen LogP contribution < -0.4 is 5.43 Å². The molecule has 0 bridgehead atoms. The quantitative estimate of drug-likeness (QED) is 0.508. The van der Waals surface area contributed by atoms with Crippen LogP contribution in [0.4, 0.5) is 11.4 Å². The first-order valence-electron chi connectivity index (χ1n) is 5.34. The minimum absolute atomic E-state index is 0.0543. The van der Waals surface area contributed by atoms with Crippen molar-refractivity contribution in [2.45, 2.75) is 0 Å². The lowest BCUT2D eigenvalue weighted by molar-refractivity contribution is -0.384. The molecule has 2 aromatic carbocycles. The number of anilines is 1. The number of hydrogen-bond donors (Lipinski definition) is 1. The number of rotatable bonds is 4. The minimum Gasteiger partial charge on any atom is -0.279 e. The molecule has 0 heterocycles. The van der Waals surface area contributed by atoms with Crippen LogP contribution in [-0.4, -0.2) is 11.1 Å². The lowest BCUT2D eigenvalue weighted by Crippen LogP contribution is -1.92. The highest BCUT2D eigenvalue weighted by Crippen LogP contribution is 2.11. The van der Waals surface area contributed by atoms with Gasteiger partial charge in [-0.25, -0.2) is 0 Å². The van der Waals surface area contributed by atoms with Gasteiger partial charge in [-0.2, -0.15) is 5.10 Å². The second-order valence-corrected chi connectivity index (χ2v) is 3.59. The number of benzene rings is 2. The third-order valence-corrected chi connectivity index (χ3v) is 2.26. The molecule has 0 aromatic heterocycles. The average molecular weight is 241 g/mol. The molecular weight excluding hydrogens is 230 g/mol. The summed E-state index contributed by atoms with van der Waals surface area (Å²) in [5, 5.41) is 14.6. The first kappa shape index (κ1) is 11.8. The number of nitro groups is 1. The number of hydrazone groups is 1. The topological polar surface area (TPSA) is 67.5 Å². The summed E-state index contributed by atoms with van der Waals surface area (Å²) in [7, 11) is 0. The molecule has 5 heteroatoms. The van der Waals surface area contributed by atoms with Gasteiger partial charge in [-0.05, 0) is 12.1 Å². The molecule has 0 aliphatic heterocycles. The van der Waals surface area contributed by atoms with Gasteiger partial charge in [0, 0.05) is 17.7 Å². The van der Waals surface area contributed by atoms with E-state index in [1.807, 2.05) is 30.3 Å². The molecule has 18 heavy (non-hydrogen) atoms.